The molecular formula is C20H24N2O4. The first kappa shape index (κ1) is 18.4. The largest absolute Gasteiger partial charge is 0.490 e. The van der Waals surface area contributed by atoms with Crippen LogP contribution in [0.15, 0.2) is 48.8 Å². The molecule has 0 aliphatic carbocycles. The molecule has 0 spiro atoms. The van der Waals surface area contributed by atoms with Gasteiger partial charge in [-0.25, -0.2) is 0 Å². The molecule has 6 nitrogen and oxygen atoms in total. The van der Waals surface area contributed by atoms with Gasteiger partial charge in [-0.05, 0) is 36.2 Å². The lowest BCUT2D eigenvalue weighted by molar-refractivity contribution is -0.134. The number of carbonyl (C=O) groups is 1. The molecule has 1 amide bonds. The van der Waals surface area contributed by atoms with Gasteiger partial charge in [-0.15, -0.1) is 0 Å². The summed E-state index contributed by atoms with van der Waals surface area (Å²) in [7, 11) is 0. The van der Waals surface area contributed by atoms with Gasteiger partial charge in [0.1, 0.15) is 18.0 Å². The number of hydrogen-bond acceptors (Lipinski definition) is 5. The molecule has 1 aromatic heterocycles. The molecule has 1 aliphatic rings. The minimum Gasteiger partial charge on any atom is -0.490 e. The average Bonchev–Trinajstić information content (AvgIpc) is 2.83. The smallest absolute Gasteiger partial charge is 0.227 e. The van der Waals surface area contributed by atoms with Crippen molar-refractivity contribution < 1.29 is 19.4 Å². The number of aliphatic hydroxyl groups is 1. The van der Waals surface area contributed by atoms with E-state index in [1.54, 1.807) is 23.4 Å². The first-order chi connectivity index (χ1) is 12.5. The molecule has 1 saturated heterocycles. The fourth-order valence-electron chi connectivity index (χ4n) is 2.93. The number of nitrogens with zero attached hydrogens (tertiary/aromatic N) is 2. The minimum atomic E-state index is -1.25. The highest BCUT2D eigenvalue weighted by molar-refractivity contribution is 5.78. The van der Waals surface area contributed by atoms with Crippen LogP contribution in [0.2, 0.25) is 0 Å². The fourth-order valence-corrected chi connectivity index (χ4v) is 2.93. The van der Waals surface area contributed by atoms with Gasteiger partial charge in [-0.1, -0.05) is 18.2 Å². The second-order valence-corrected chi connectivity index (χ2v) is 6.74. The number of aromatic nitrogens is 1. The molecule has 0 bridgehead atoms. The molecule has 1 aromatic carbocycles. The summed E-state index contributed by atoms with van der Waals surface area (Å²) < 4.78 is 11.3. The van der Waals surface area contributed by atoms with Crippen LogP contribution in [-0.4, -0.2) is 59.4 Å². The van der Waals surface area contributed by atoms with Gasteiger partial charge < -0.3 is 19.5 Å². The van der Waals surface area contributed by atoms with E-state index in [4.69, 9.17) is 9.47 Å². The zero-order valence-electron chi connectivity index (χ0n) is 14.9. The van der Waals surface area contributed by atoms with Crippen molar-refractivity contribution >= 4 is 5.91 Å². The fraction of sp³-hybridized carbons (Fsp3) is 0.400. The van der Waals surface area contributed by atoms with Crippen LogP contribution in [0.3, 0.4) is 0 Å². The minimum absolute atomic E-state index is 0.0579. The van der Waals surface area contributed by atoms with E-state index in [1.807, 2.05) is 37.3 Å². The molecule has 1 fully saturated rings. The maximum absolute atomic E-state index is 12.6. The number of ether oxygens (including phenoxy) is 2. The molecule has 26 heavy (non-hydrogen) atoms. The Labute approximate surface area is 153 Å². The van der Waals surface area contributed by atoms with Gasteiger partial charge >= 0.3 is 0 Å². The van der Waals surface area contributed by atoms with Gasteiger partial charge in [0.15, 0.2) is 0 Å². The van der Waals surface area contributed by atoms with E-state index >= 15 is 0 Å². The predicted octanol–water partition coefficient (Wildman–Crippen LogP) is 1.60. The Balaban J connectivity index is 1.63. The van der Waals surface area contributed by atoms with Gasteiger partial charge in [-0.3, -0.25) is 9.78 Å². The van der Waals surface area contributed by atoms with Crippen molar-refractivity contribution in [1.29, 1.82) is 0 Å². The summed E-state index contributed by atoms with van der Waals surface area (Å²) in [5.41, 5.74) is 0.687. The Morgan fingerprint density at radius 1 is 1.38 bits per heavy atom. The van der Waals surface area contributed by atoms with Crippen molar-refractivity contribution in [1.82, 2.24) is 9.88 Å². The molecule has 3 rings (SSSR count). The van der Waals surface area contributed by atoms with Gasteiger partial charge in [0.2, 0.25) is 5.91 Å². The number of aryl methyl sites for hydroxylation is 1. The third kappa shape index (κ3) is 5.03. The van der Waals surface area contributed by atoms with Crippen LogP contribution in [0.25, 0.3) is 0 Å². The predicted molar refractivity (Wildman–Crippen MR) is 97.0 cm³/mol. The maximum atomic E-state index is 12.6. The van der Waals surface area contributed by atoms with E-state index in [0.717, 1.165) is 11.1 Å². The van der Waals surface area contributed by atoms with E-state index in [-0.39, 0.29) is 32.1 Å². The lowest BCUT2D eigenvalue weighted by Crippen LogP contribution is -2.50. The van der Waals surface area contributed by atoms with E-state index in [2.05, 4.69) is 4.98 Å². The highest BCUT2D eigenvalue weighted by Crippen LogP contribution is 2.18. The summed E-state index contributed by atoms with van der Waals surface area (Å²) in [5, 5.41) is 10.9. The van der Waals surface area contributed by atoms with Crippen molar-refractivity contribution in [2.24, 2.45) is 0 Å². The summed E-state index contributed by atoms with van der Waals surface area (Å²) in [6.45, 7) is 3.20. The number of rotatable bonds is 5. The zero-order chi connectivity index (χ0) is 18.4. The highest BCUT2D eigenvalue weighted by Gasteiger charge is 2.35. The SMILES string of the molecule is Cc1cccc(OC[C@@]2(O)COCCN(C(=O)Cc3cccnc3)C2)c1. The quantitative estimate of drug-likeness (QED) is 0.881. The standard InChI is InChI=1S/C20H24N2O4/c1-16-4-2-6-18(10-16)26-15-20(24)13-22(8-9-25-14-20)19(23)11-17-5-3-7-21-12-17/h2-7,10,12,24H,8-9,11,13-15H2,1H3/t20-/m0/s1. The normalized spacial score (nSPS) is 20.5. The molecule has 1 aliphatic heterocycles. The van der Waals surface area contributed by atoms with Crippen LogP contribution in [0.4, 0.5) is 0 Å². The highest BCUT2D eigenvalue weighted by atomic mass is 16.5. The monoisotopic (exact) mass is 356 g/mol. The number of benzene rings is 1. The lowest BCUT2D eigenvalue weighted by atomic mass is 10.1. The van der Waals surface area contributed by atoms with Crippen LogP contribution in [-0.2, 0) is 16.0 Å². The van der Waals surface area contributed by atoms with Crippen LogP contribution in [0.5, 0.6) is 5.75 Å². The number of amides is 1. The lowest BCUT2D eigenvalue weighted by Gasteiger charge is -2.30. The number of pyridine rings is 1. The van der Waals surface area contributed by atoms with E-state index in [0.29, 0.717) is 18.9 Å². The molecule has 2 heterocycles. The molecular weight excluding hydrogens is 332 g/mol. The molecule has 138 valence electrons. The van der Waals surface area contributed by atoms with E-state index in [1.165, 1.54) is 0 Å². The van der Waals surface area contributed by atoms with Crippen molar-refractivity contribution in [3.8, 4) is 5.75 Å². The first-order valence-electron chi connectivity index (χ1n) is 8.70. The Hall–Kier alpha value is -2.44. The summed E-state index contributed by atoms with van der Waals surface area (Å²) in [4.78, 5) is 18.3. The van der Waals surface area contributed by atoms with E-state index < -0.39 is 5.60 Å². The molecule has 0 radical (unpaired) electrons. The maximum Gasteiger partial charge on any atom is 0.227 e. The molecule has 2 aromatic rings. The van der Waals surface area contributed by atoms with Crippen molar-refractivity contribution in [3.05, 3.63) is 59.9 Å². The molecule has 0 unspecified atom stereocenters. The van der Waals surface area contributed by atoms with Crippen molar-refractivity contribution in [2.75, 3.05) is 32.9 Å². The molecule has 0 saturated carbocycles. The Morgan fingerprint density at radius 2 is 2.27 bits per heavy atom. The summed E-state index contributed by atoms with van der Waals surface area (Å²) in [5.74, 6) is 0.633. The van der Waals surface area contributed by atoms with Crippen molar-refractivity contribution in [2.45, 2.75) is 18.9 Å². The molecule has 1 N–H and O–H groups in total. The average molecular weight is 356 g/mol. The van der Waals surface area contributed by atoms with Gasteiger partial charge in [0.05, 0.1) is 26.2 Å². The first-order valence-corrected chi connectivity index (χ1v) is 8.70. The Bertz CT molecular complexity index is 738. The van der Waals surface area contributed by atoms with Crippen LogP contribution in [0, 0.1) is 6.92 Å². The Kier molecular flexibility index (Phi) is 5.85. The van der Waals surface area contributed by atoms with Crippen LogP contribution < -0.4 is 4.74 Å². The third-order valence-corrected chi connectivity index (χ3v) is 4.29. The number of hydrogen-bond donors (Lipinski definition) is 1. The topological polar surface area (TPSA) is 71.9 Å². The number of β-amino-alcohol motifs (C(OH)–C–C–N with tert-alkyl or cyclic N) is 1. The summed E-state index contributed by atoms with van der Waals surface area (Å²) >= 11 is 0. The van der Waals surface area contributed by atoms with E-state index in [9.17, 15) is 9.90 Å². The second-order valence-electron chi connectivity index (χ2n) is 6.74. The number of carbonyl (C=O) groups excluding carboxylic acids is 1. The van der Waals surface area contributed by atoms with Crippen LogP contribution in [0.1, 0.15) is 11.1 Å². The van der Waals surface area contributed by atoms with Crippen molar-refractivity contribution in [3.63, 3.8) is 0 Å². The third-order valence-electron chi connectivity index (χ3n) is 4.29. The Morgan fingerprint density at radius 3 is 3.04 bits per heavy atom. The van der Waals surface area contributed by atoms with Crippen LogP contribution >= 0.6 is 0 Å². The summed E-state index contributed by atoms with van der Waals surface area (Å²) in [6.07, 6.45) is 3.61. The van der Waals surface area contributed by atoms with Gasteiger partial charge in [0.25, 0.3) is 0 Å². The summed E-state index contributed by atoms with van der Waals surface area (Å²) in [6, 6.07) is 11.3. The van der Waals surface area contributed by atoms with Gasteiger partial charge in [-0.2, -0.15) is 0 Å². The second kappa shape index (κ2) is 8.29. The van der Waals surface area contributed by atoms with Gasteiger partial charge in [0, 0.05) is 18.9 Å². The molecule has 6 heteroatoms. The zero-order valence-corrected chi connectivity index (χ0v) is 14.9. The molecule has 1 atom stereocenters.